The standard InChI is InChI=1S/C8H8F4O.C2H6/c1-5(2)4-7(9)6(3)13-8(10,11)12;1-2/h4H,1,3H2,2H3;1-2H3/b7-4+;. The fourth-order valence-corrected chi connectivity index (χ4v) is 0.485. The number of alkyl halides is 3. The first-order valence-corrected chi connectivity index (χ1v) is 4.20. The Labute approximate surface area is 86.7 Å². The quantitative estimate of drug-likeness (QED) is 0.391. The Morgan fingerprint density at radius 3 is 1.87 bits per heavy atom. The zero-order valence-electron chi connectivity index (χ0n) is 8.91. The van der Waals surface area contributed by atoms with Crippen molar-refractivity contribution in [1.29, 1.82) is 0 Å². The van der Waals surface area contributed by atoms with Crippen LogP contribution in [0.3, 0.4) is 0 Å². The molecule has 0 amide bonds. The van der Waals surface area contributed by atoms with Crippen LogP contribution in [0, 0.1) is 0 Å². The monoisotopic (exact) mass is 226 g/mol. The van der Waals surface area contributed by atoms with Crippen LogP contribution in [0.25, 0.3) is 0 Å². The van der Waals surface area contributed by atoms with E-state index in [4.69, 9.17) is 0 Å². The molecule has 0 heterocycles. The largest absolute Gasteiger partial charge is 0.573 e. The van der Waals surface area contributed by atoms with Crippen molar-refractivity contribution in [3.8, 4) is 0 Å². The zero-order valence-corrected chi connectivity index (χ0v) is 8.91. The maximum absolute atomic E-state index is 12.7. The highest BCUT2D eigenvalue weighted by atomic mass is 19.4. The van der Waals surface area contributed by atoms with E-state index < -0.39 is 17.9 Å². The molecule has 0 unspecified atom stereocenters. The summed E-state index contributed by atoms with van der Waals surface area (Å²) < 4.78 is 50.4. The second-order valence-electron chi connectivity index (χ2n) is 2.31. The Morgan fingerprint density at radius 1 is 1.20 bits per heavy atom. The van der Waals surface area contributed by atoms with E-state index in [0.29, 0.717) is 0 Å². The number of hydrogen-bond acceptors (Lipinski definition) is 1. The van der Waals surface area contributed by atoms with Gasteiger partial charge in [0.25, 0.3) is 0 Å². The molecular weight excluding hydrogens is 212 g/mol. The molecule has 0 spiro atoms. The Bertz CT molecular complexity index is 251. The molecule has 0 saturated carbocycles. The fourth-order valence-electron chi connectivity index (χ4n) is 0.485. The number of hydrogen-bond donors (Lipinski definition) is 0. The van der Waals surface area contributed by atoms with Crippen molar-refractivity contribution < 1.29 is 22.3 Å². The third-order valence-electron chi connectivity index (χ3n) is 0.878. The summed E-state index contributed by atoms with van der Waals surface area (Å²) in [5.41, 5.74) is 0.268. The minimum absolute atomic E-state index is 0.268. The molecule has 0 radical (unpaired) electrons. The molecule has 0 rings (SSSR count). The Kier molecular flexibility index (Phi) is 7.65. The molecule has 0 aromatic rings. The topological polar surface area (TPSA) is 9.23 Å². The highest BCUT2D eigenvalue weighted by molar-refractivity contribution is 5.25. The summed E-state index contributed by atoms with van der Waals surface area (Å²) in [5, 5.41) is 0. The van der Waals surface area contributed by atoms with Crippen molar-refractivity contribution in [3.05, 3.63) is 36.4 Å². The third-order valence-corrected chi connectivity index (χ3v) is 0.878. The van der Waals surface area contributed by atoms with E-state index in [1.165, 1.54) is 6.92 Å². The third kappa shape index (κ3) is 10.7. The minimum atomic E-state index is -4.92. The zero-order chi connectivity index (χ0) is 12.6. The van der Waals surface area contributed by atoms with Gasteiger partial charge in [0.2, 0.25) is 0 Å². The van der Waals surface area contributed by atoms with Crippen LogP contribution in [-0.2, 0) is 4.74 Å². The lowest BCUT2D eigenvalue weighted by Crippen LogP contribution is -2.12. The van der Waals surface area contributed by atoms with Crippen LogP contribution in [0.2, 0.25) is 0 Å². The van der Waals surface area contributed by atoms with E-state index in [1.807, 2.05) is 13.8 Å². The van der Waals surface area contributed by atoms with Crippen molar-refractivity contribution in [2.24, 2.45) is 0 Å². The normalized spacial score (nSPS) is 11.3. The average Bonchev–Trinajstić information content (AvgIpc) is 2.03. The number of halogens is 4. The lowest BCUT2D eigenvalue weighted by atomic mass is 10.3. The molecule has 0 aliphatic rings. The van der Waals surface area contributed by atoms with Gasteiger partial charge in [-0.15, -0.1) is 13.2 Å². The Hall–Kier alpha value is -1.26. The Morgan fingerprint density at radius 2 is 1.60 bits per heavy atom. The van der Waals surface area contributed by atoms with Gasteiger partial charge in [-0.25, -0.2) is 4.39 Å². The van der Waals surface area contributed by atoms with E-state index in [1.54, 1.807) is 0 Å². The predicted molar refractivity (Wildman–Crippen MR) is 51.6 cm³/mol. The van der Waals surface area contributed by atoms with Crippen LogP contribution < -0.4 is 0 Å². The van der Waals surface area contributed by atoms with Crippen molar-refractivity contribution in [3.63, 3.8) is 0 Å². The summed E-state index contributed by atoms with van der Waals surface area (Å²) in [5.74, 6) is -2.26. The first-order chi connectivity index (χ1) is 6.72. The van der Waals surface area contributed by atoms with Gasteiger partial charge in [-0.2, -0.15) is 0 Å². The molecule has 0 atom stereocenters. The molecule has 5 heteroatoms. The van der Waals surface area contributed by atoms with Gasteiger partial charge in [0, 0.05) is 0 Å². The van der Waals surface area contributed by atoms with Gasteiger partial charge in [0.05, 0.1) is 0 Å². The summed E-state index contributed by atoms with van der Waals surface area (Å²) in [6.07, 6.45) is -4.12. The second kappa shape index (κ2) is 7.09. The van der Waals surface area contributed by atoms with Crippen LogP contribution >= 0.6 is 0 Å². The maximum atomic E-state index is 12.7. The van der Waals surface area contributed by atoms with Crippen LogP contribution in [0.1, 0.15) is 20.8 Å². The maximum Gasteiger partial charge on any atom is 0.573 e. The summed E-state index contributed by atoms with van der Waals surface area (Å²) in [6, 6.07) is 0. The molecule has 0 aliphatic heterocycles. The van der Waals surface area contributed by atoms with Gasteiger partial charge >= 0.3 is 6.36 Å². The first kappa shape index (κ1) is 16.2. The predicted octanol–water partition coefficient (Wildman–Crippen LogP) is 4.49. The van der Waals surface area contributed by atoms with E-state index in [2.05, 4.69) is 17.9 Å². The van der Waals surface area contributed by atoms with Gasteiger partial charge < -0.3 is 4.74 Å². The van der Waals surface area contributed by atoms with Crippen LogP contribution in [-0.4, -0.2) is 6.36 Å². The van der Waals surface area contributed by atoms with Crippen molar-refractivity contribution in [2.45, 2.75) is 27.1 Å². The molecular formula is C10H14F4O. The van der Waals surface area contributed by atoms with Gasteiger partial charge in [0.1, 0.15) is 0 Å². The van der Waals surface area contributed by atoms with Gasteiger partial charge in [-0.1, -0.05) is 32.6 Å². The van der Waals surface area contributed by atoms with E-state index in [9.17, 15) is 17.6 Å². The molecule has 0 N–H and O–H groups in total. The van der Waals surface area contributed by atoms with E-state index in [-0.39, 0.29) is 5.57 Å². The molecule has 0 aromatic heterocycles. The van der Waals surface area contributed by atoms with Crippen LogP contribution in [0.5, 0.6) is 0 Å². The second-order valence-corrected chi connectivity index (χ2v) is 2.31. The molecule has 88 valence electrons. The first-order valence-electron chi connectivity index (χ1n) is 4.20. The summed E-state index contributed by atoms with van der Waals surface area (Å²) in [4.78, 5) is 0. The van der Waals surface area contributed by atoms with Gasteiger partial charge in [-0.05, 0) is 13.0 Å². The lowest BCUT2D eigenvalue weighted by molar-refractivity contribution is -0.304. The van der Waals surface area contributed by atoms with E-state index >= 15 is 0 Å². The highest BCUT2D eigenvalue weighted by Crippen LogP contribution is 2.24. The van der Waals surface area contributed by atoms with Crippen molar-refractivity contribution in [2.75, 3.05) is 0 Å². The summed E-state index contributed by atoms with van der Waals surface area (Å²) in [6.45, 7) is 11.5. The lowest BCUT2D eigenvalue weighted by Gasteiger charge is -2.09. The highest BCUT2D eigenvalue weighted by Gasteiger charge is 2.32. The van der Waals surface area contributed by atoms with Crippen LogP contribution in [0.15, 0.2) is 36.4 Å². The number of rotatable bonds is 3. The van der Waals surface area contributed by atoms with Crippen LogP contribution in [0.4, 0.5) is 17.6 Å². The molecule has 0 saturated heterocycles. The minimum Gasteiger partial charge on any atom is -0.403 e. The van der Waals surface area contributed by atoms with Gasteiger partial charge in [0.15, 0.2) is 11.6 Å². The molecule has 0 aliphatic carbocycles. The molecule has 0 bridgehead atoms. The van der Waals surface area contributed by atoms with Crippen molar-refractivity contribution in [1.82, 2.24) is 0 Å². The average molecular weight is 226 g/mol. The smallest absolute Gasteiger partial charge is 0.403 e. The molecule has 0 aromatic carbocycles. The SMILES string of the molecule is C=C(C)/C=C(/F)C(=C)OC(F)(F)F.CC. The number of allylic oxidation sites excluding steroid dienone is 3. The van der Waals surface area contributed by atoms with E-state index in [0.717, 1.165) is 6.08 Å². The van der Waals surface area contributed by atoms with Crippen molar-refractivity contribution >= 4 is 0 Å². The molecule has 15 heavy (non-hydrogen) atoms. The summed E-state index contributed by atoms with van der Waals surface area (Å²) in [7, 11) is 0. The fraction of sp³-hybridized carbons (Fsp3) is 0.400. The number of ether oxygens (including phenoxy) is 1. The molecule has 1 nitrogen and oxygen atoms in total. The summed E-state index contributed by atoms with van der Waals surface area (Å²) >= 11 is 0. The Balaban J connectivity index is 0. The molecule has 0 fully saturated rings. The van der Waals surface area contributed by atoms with Gasteiger partial charge in [-0.3, -0.25) is 0 Å².